The number of aliphatic imine (C=N–C) groups is 1. The van der Waals surface area contributed by atoms with E-state index in [2.05, 4.69) is 11.0 Å². The van der Waals surface area contributed by atoms with Crippen LogP contribution in [0.4, 0.5) is 0 Å². The highest BCUT2D eigenvalue weighted by atomic mass is 35.5. The maximum absolute atomic E-state index is 6.41. The van der Waals surface area contributed by atoms with Gasteiger partial charge >= 0.3 is 0 Å². The standard InChI is InChI=1S/C18H19ClN2O/c1-21(2)17-11-14-12(8-6-10-16(14)22-3)18(20-17)13-7-4-5-9-15(13)19/h4-10,18H,11H2,1-3H3. The molecule has 0 aromatic heterocycles. The van der Waals surface area contributed by atoms with Gasteiger partial charge in [-0.05, 0) is 23.3 Å². The van der Waals surface area contributed by atoms with Gasteiger partial charge in [0.15, 0.2) is 0 Å². The average molecular weight is 315 g/mol. The number of ether oxygens (including phenoxy) is 1. The summed E-state index contributed by atoms with van der Waals surface area (Å²) in [4.78, 5) is 6.99. The Morgan fingerprint density at radius 2 is 1.82 bits per heavy atom. The second-order valence-corrected chi connectivity index (χ2v) is 5.98. The number of nitrogens with zero attached hydrogens (tertiary/aromatic N) is 2. The summed E-state index contributed by atoms with van der Waals surface area (Å²) in [5.74, 6) is 1.94. The van der Waals surface area contributed by atoms with Crippen LogP contribution in [-0.2, 0) is 6.42 Å². The molecule has 0 saturated carbocycles. The zero-order valence-electron chi connectivity index (χ0n) is 13.0. The van der Waals surface area contributed by atoms with Gasteiger partial charge in [-0.2, -0.15) is 0 Å². The lowest BCUT2D eigenvalue weighted by Gasteiger charge is -2.29. The molecular formula is C18H19ClN2O. The predicted molar refractivity (Wildman–Crippen MR) is 91.1 cm³/mol. The second-order valence-electron chi connectivity index (χ2n) is 5.57. The van der Waals surface area contributed by atoms with Crippen LogP contribution in [0.25, 0.3) is 0 Å². The summed E-state index contributed by atoms with van der Waals surface area (Å²) in [6.45, 7) is 0. The fraction of sp³-hybridized carbons (Fsp3) is 0.278. The van der Waals surface area contributed by atoms with E-state index in [1.165, 1.54) is 5.56 Å². The van der Waals surface area contributed by atoms with Crippen molar-refractivity contribution in [1.82, 2.24) is 4.90 Å². The van der Waals surface area contributed by atoms with E-state index in [0.29, 0.717) is 0 Å². The van der Waals surface area contributed by atoms with Crippen LogP contribution in [0.5, 0.6) is 5.75 Å². The van der Waals surface area contributed by atoms with Gasteiger partial charge in [0.25, 0.3) is 0 Å². The third kappa shape index (κ3) is 2.57. The normalized spacial score (nSPS) is 16.7. The Morgan fingerprint density at radius 3 is 2.50 bits per heavy atom. The minimum absolute atomic E-state index is 0.0926. The largest absolute Gasteiger partial charge is 0.496 e. The lowest BCUT2D eigenvalue weighted by atomic mass is 9.90. The lowest BCUT2D eigenvalue weighted by Crippen LogP contribution is -2.29. The Labute approximate surface area is 136 Å². The fourth-order valence-electron chi connectivity index (χ4n) is 2.85. The summed E-state index contributed by atoms with van der Waals surface area (Å²) < 4.78 is 5.55. The summed E-state index contributed by atoms with van der Waals surface area (Å²) in [7, 11) is 5.74. The first-order valence-electron chi connectivity index (χ1n) is 7.26. The number of amidine groups is 1. The molecule has 0 fully saturated rings. The van der Waals surface area contributed by atoms with Gasteiger partial charge in [-0.15, -0.1) is 0 Å². The van der Waals surface area contributed by atoms with Crippen molar-refractivity contribution in [3.05, 3.63) is 64.2 Å². The summed E-state index contributed by atoms with van der Waals surface area (Å²) in [6, 6.07) is 13.9. The second kappa shape index (κ2) is 6.01. The van der Waals surface area contributed by atoms with Crippen molar-refractivity contribution in [3.8, 4) is 5.75 Å². The van der Waals surface area contributed by atoms with E-state index >= 15 is 0 Å². The monoisotopic (exact) mass is 314 g/mol. The van der Waals surface area contributed by atoms with Gasteiger partial charge in [0.05, 0.1) is 7.11 Å². The summed E-state index contributed by atoms with van der Waals surface area (Å²) in [6.07, 6.45) is 0.771. The van der Waals surface area contributed by atoms with Crippen molar-refractivity contribution in [1.29, 1.82) is 0 Å². The van der Waals surface area contributed by atoms with Crippen LogP contribution in [0, 0.1) is 0 Å². The van der Waals surface area contributed by atoms with Crippen molar-refractivity contribution in [2.75, 3.05) is 21.2 Å². The van der Waals surface area contributed by atoms with E-state index in [4.69, 9.17) is 21.3 Å². The SMILES string of the molecule is COc1cccc2c1CC(N(C)C)=NC2c1ccccc1Cl. The zero-order chi connectivity index (χ0) is 15.7. The minimum Gasteiger partial charge on any atom is -0.496 e. The van der Waals surface area contributed by atoms with Crippen LogP contribution in [0.15, 0.2) is 47.5 Å². The molecule has 3 rings (SSSR count). The number of hydrogen-bond acceptors (Lipinski definition) is 3. The zero-order valence-corrected chi connectivity index (χ0v) is 13.8. The van der Waals surface area contributed by atoms with Gasteiger partial charge < -0.3 is 9.64 Å². The molecule has 0 saturated heterocycles. The molecule has 0 spiro atoms. The Kier molecular flexibility index (Phi) is 4.08. The molecule has 4 heteroatoms. The number of likely N-dealkylation sites (N-methyl/N-ethyl adjacent to an activating group) is 1. The first-order valence-corrected chi connectivity index (χ1v) is 7.63. The molecule has 0 bridgehead atoms. The number of benzene rings is 2. The number of rotatable bonds is 2. The molecule has 0 aliphatic carbocycles. The van der Waals surface area contributed by atoms with Gasteiger partial charge in [0, 0.05) is 31.1 Å². The van der Waals surface area contributed by atoms with Crippen molar-refractivity contribution >= 4 is 17.4 Å². The van der Waals surface area contributed by atoms with E-state index in [0.717, 1.165) is 34.2 Å². The van der Waals surface area contributed by atoms with E-state index in [9.17, 15) is 0 Å². The Bertz CT molecular complexity index is 725. The molecule has 2 aromatic rings. The predicted octanol–water partition coefficient (Wildman–Crippen LogP) is 3.95. The van der Waals surface area contributed by atoms with Gasteiger partial charge in [-0.3, -0.25) is 4.99 Å². The molecule has 2 aromatic carbocycles. The molecule has 1 aliphatic rings. The number of fused-ring (bicyclic) bond motifs is 1. The number of halogens is 1. The molecule has 0 amide bonds. The Hall–Kier alpha value is -2.00. The van der Waals surface area contributed by atoms with Crippen LogP contribution >= 0.6 is 11.6 Å². The van der Waals surface area contributed by atoms with E-state index < -0.39 is 0 Å². The summed E-state index contributed by atoms with van der Waals surface area (Å²) in [5, 5.41) is 0.741. The summed E-state index contributed by atoms with van der Waals surface area (Å²) in [5.41, 5.74) is 3.38. The molecule has 1 unspecified atom stereocenters. The quantitative estimate of drug-likeness (QED) is 0.838. The van der Waals surface area contributed by atoms with Crippen molar-refractivity contribution in [3.63, 3.8) is 0 Å². The van der Waals surface area contributed by atoms with Crippen LogP contribution in [-0.4, -0.2) is 31.9 Å². The van der Waals surface area contributed by atoms with E-state index in [1.54, 1.807) is 7.11 Å². The van der Waals surface area contributed by atoms with Crippen LogP contribution in [0.1, 0.15) is 22.7 Å². The molecule has 114 valence electrons. The topological polar surface area (TPSA) is 24.8 Å². The minimum atomic E-state index is -0.0926. The molecule has 3 nitrogen and oxygen atoms in total. The highest BCUT2D eigenvalue weighted by Crippen LogP contribution is 2.39. The van der Waals surface area contributed by atoms with Crippen molar-refractivity contribution < 1.29 is 4.74 Å². The highest BCUT2D eigenvalue weighted by Gasteiger charge is 2.27. The average Bonchev–Trinajstić information content (AvgIpc) is 2.53. The van der Waals surface area contributed by atoms with Crippen LogP contribution in [0.3, 0.4) is 0 Å². The maximum Gasteiger partial charge on any atom is 0.122 e. The molecule has 0 N–H and O–H groups in total. The third-order valence-electron chi connectivity index (χ3n) is 4.01. The molecule has 1 heterocycles. The fourth-order valence-corrected chi connectivity index (χ4v) is 3.09. The van der Waals surface area contributed by atoms with Gasteiger partial charge in [0.2, 0.25) is 0 Å². The van der Waals surface area contributed by atoms with E-state index in [-0.39, 0.29) is 6.04 Å². The Balaban J connectivity index is 2.19. The van der Waals surface area contributed by atoms with Crippen molar-refractivity contribution in [2.45, 2.75) is 12.5 Å². The van der Waals surface area contributed by atoms with Gasteiger partial charge in [0.1, 0.15) is 17.6 Å². The number of methoxy groups -OCH3 is 1. The smallest absolute Gasteiger partial charge is 0.122 e. The first-order chi connectivity index (χ1) is 10.6. The lowest BCUT2D eigenvalue weighted by molar-refractivity contribution is 0.408. The van der Waals surface area contributed by atoms with Gasteiger partial charge in [-0.25, -0.2) is 0 Å². The molecular weight excluding hydrogens is 296 g/mol. The van der Waals surface area contributed by atoms with Crippen molar-refractivity contribution in [2.24, 2.45) is 4.99 Å². The highest BCUT2D eigenvalue weighted by molar-refractivity contribution is 6.31. The maximum atomic E-state index is 6.41. The van der Waals surface area contributed by atoms with Crippen LogP contribution < -0.4 is 4.74 Å². The Morgan fingerprint density at radius 1 is 1.09 bits per heavy atom. The molecule has 1 atom stereocenters. The number of hydrogen-bond donors (Lipinski definition) is 0. The molecule has 22 heavy (non-hydrogen) atoms. The van der Waals surface area contributed by atoms with Crippen LogP contribution in [0.2, 0.25) is 5.02 Å². The molecule has 0 radical (unpaired) electrons. The summed E-state index contributed by atoms with van der Waals surface area (Å²) >= 11 is 6.41. The third-order valence-corrected chi connectivity index (χ3v) is 4.36. The first kappa shape index (κ1) is 14.9. The molecule has 1 aliphatic heterocycles. The van der Waals surface area contributed by atoms with E-state index in [1.807, 2.05) is 50.5 Å². The van der Waals surface area contributed by atoms with Gasteiger partial charge in [-0.1, -0.05) is 41.9 Å².